The van der Waals surface area contributed by atoms with Crippen LogP contribution >= 0.6 is 0 Å². The third-order valence-electron chi connectivity index (χ3n) is 2.14. The Morgan fingerprint density at radius 1 is 1.08 bits per heavy atom. The van der Waals surface area contributed by atoms with Gasteiger partial charge in [0.05, 0.1) is 0 Å². The molecule has 2 aliphatic carbocycles. The van der Waals surface area contributed by atoms with E-state index >= 15 is 0 Å². The van der Waals surface area contributed by atoms with Gasteiger partial charge in [-0.15, -0.1) is 5.73 Å². The normalized spacial score (nSPS) is 21.5. The molecule has 60 valence electrons. The van der Waals surface area contributed by atoms with Gasteiger partial charge in [-0.2, -0.15) is 0 Å². The zero-order valence-electron chi connectivity index (χ0n) is 7.03. The second-order valence-corrected chi connectivity index (χ2v) is 3.06. The van der Waals surface area contributed by atoms with Gasteiger partial charge in [0.1, 0.15) is 0 Å². The first-order valence-corrected chi connectivity index (χ1v) is 4.42. The quantitative estimate of drug-likeness (QED) is 0.404. The van der Waals surface area contributed by atoms with Gasteiger partial charge < -0.3 is 0 Å². The highest BCUT2D eigenvalue weighted by Crippen LogP contribution is 2.20. The van der Waals surface area contributed by atoms with Crippen molar-refractivity contribution in [2.75, 3.05) is 0 Å². The minimum atomic E-state index is 0.464. The van der Waals surface area contributed by atoms with E-state index in [1.165, 1.54) is 5.57 Å². The molecule has 2 aliphatic rings. The molecule has 0 aromatic carbocycles. The summed E-state index contributed by atoms with van der Waals surface area (Å²) in [5, 5.41) is 0. The van der Waals surface area contributed by atoms with Crippen molar-refractivity contribution in [3.05, 3.63) is 53.8 Å². The minimum absolute atomic E-state index is 0.464. The molecule has 0 fully saturated rings. The van der Waals surface area contributed by atoms with Crippen molar-refractivity contribution in [2.24, 2.45) is 5.92 Å². The van der Waals surface area contributed by atoms with Crippen molar-refractivity contribution in [1.29, 1.82) is 0 Å². The highest BCUT2D eigenvalue weighted by atomic mass is 14.1. The van der Waals surface area contributed by atoms with Crippen LogP contribution in [0.1, 0.15) is 12.8 Å². The van der Waals surface area contributed by atoms with E-state index < -0.39 is 0 Å². The Labute approximate surface area is 73.3 Å². The van der Waals surface area contributed by atoms with E-state index in [4.69, 9.17) is 0 Å². The number of hydrogen-bond acceptors (Lipinski definition) is 0. The lowest BCUT2D eigenvalue weighted by molar-refractivity contribution is 0.964. The van der Waals surface area contributed by atoms with Crippen molar-refractivity contribution in [3.8, 4) is 0 Å². The van der Waals surface area contributed by atoms with Crippen LogP contribution in [0.3, 0.4) is 0 Å². The number of rotatable bonds is 1. The molecule has 0 saturated heterocycles. The maximum absolute atomic E-state index is 3.29. The van der Waals surface area contributed by atoms with Crippen LogP contribution in [0.15, 0.2) is 53.8 Å². The molecule has 0 heteroatoms. The molecule has 2 rings (SSSR count). The SMILES string of the molecule is C1=CCC=CC=1C1C=CCC=C1. The van der Waals surface area contributed by atoms with Crippen LogP contribution in [0.4, 0.5) is 0 Å². The van der Waals surface area contributed by atoms with Crippen LogP contribution in [0.25, 0.3) is 0 Å². The molecule has 0 atom stereocenters. The van der Waals surface area contributed by atoms with Crippen molar-refractivity contribution in [1.82, 2.24) is 0 Å². The Balaban J connectivity index is 2.23. The van der Waals surface area contributed by atoms with E-state index in [1.54, 1.807) is 0 Å². The first kappa shape index (κ1) is 7.39. The van der Waals surface area contributed by atoms with Crippen LogP contribution in [-0.2, 0) is 0 Å². The lowest BCUT2D eigenvalue weighted by atomic mass is 9.93. The predicted octanol–water partition coefficient (Wildman–Crippen LogP) is 3.16. The van der Waals surface area contributed by atoms with Gasteiger partial charge in [0, 0.05) is 11.5 Å². The number of hydrogen-bond donors (Lipinski definition) is 0. The Morgan fingerprint density at radius 2 is 1.92 bits per heavy atom. The van der Waals surface area contributed by atoms with Crippen LogP contribution < -0.4 is 0 Å². The minimum Gasteiger partial charge on any atom is -0.120 e. The van der Waals surface area contributed by atoms with E-state index in [0.717, 1.165) is 12.8 Å². The van der Waals surface area contributed by atoms with E-state index in [1.807, 2.05) is 0 Å². The van der Waals surface area contributed by atoms with Crippen LogP contribution in [-0.4, -0.2) is 0 Å². The highest BCUT2D eigenvalue weighted by Gasteiger charge is 2.06. The third-order valence-corrected chi connectivity index (χ3v) is 2.14. The maximum Gasteiger partial charge on any atom is 0.0272 e. The first-order chi connectivity index (χ1) is 5.97. The standard InChI is InChI=1S/C12H12/c1-3-7-11(8-4-1)12-9-5-2-6-10-12/h3-9,11H,1-2H2. The zero-order chi connectivity index (χ0) is 8.23. The number of allylic oxidation sites excluding steroid dienone is 7. The van der Waals surface area contributed by atoms with E-state index in [9.17, 15) is 0 Å². The molecule has 0 radical (unpaired) electrons. The molecule has 0 unspecified atom stereocenters. The molecule has 0 amide bonds. The average Bonchev–Trinajstić information content (AvgIpc) is 2.21. The summed E-state index contributed by atoms with van der Waals surface area (Å²) < 4.78 is 0. The van der Waals surface area contributed by atoms with Crippen LogP contribution in [0.5, 0.6) is 0 Å². The monoisotopic (exact) mass is 156 g/mol. The van der Waals surface area contributed by atoms with Gasteiger partial charge in [-0.25, -0.2) is 0 Å². The van der Waals surface area contributed by atoms with Crippen LogP contribution in [0, 0.1) is 5.92 Å². The molecule has 0 N–H and O–H groups in total. The average molecular weight is 156 g/mol. The topological polar surface area (TPSA) is 0 Å². The second kappa shape index (κ2) is 3.42. The molecular formula is C12H12. The summed E-state index contributed by atoms with van der Waals surface area (Å²) in [6, 6.07) is 0. The summed E-state index contributed by atoms with van der Waals surface area (Å²) >= 11 is 0. The summed E-state index contributed by atoms with van der Waals surface area (Å²) in [6.45, 7) is 0. The summed E-state index contributed by atoms with van der Waals surface area (Å²) in [5.74, 6) is 0.464. The van der Waals surface area contributed by atoms with Crippen molar-refractivity contribution < 1.29 is 0 Å². The molecule has 0 aliphatic heterocycles. The summed E-state index contributed by atoms with van der Waals surface area (Å²) in [4.78, 5) is 0. The third kappa shape index (κ3) is 1.49. The van der Waals surface area contributed by atoms with E-state index in [-0.39, 0.29) is 0 Å². The maximum atomic E-state index is 3.29. The fraction of sp³-hybridized carbons (Fsp3) is 0.250. The molecule has 0 nitrogen and oxygen atoms in total. The predicted molar refractivity (Wildman–Crippen MR) is 51.7 cm³/mol. The molecule has 0 aromatic heterocycles. The molecule has 0 bridgehead atoms. The van der Waals surface area contributed by atoms with Gasteiger partial charge in [-0.1, -0.05) is 36.5 Å². The molecule has 0 spiro atoms. The molecule has 12 heavy (non-hydrogen) atoms. The molecule has 0 saturated carbocycles. The smallest absolute Gasteiger partial charge is 0.0272 e. The summed E-state index contributed by atoms with van der Waals surface area (Å²) in [7, 11) is 0. The molecule has 0 heterocycles. The summed E-state index contributed by atoms with van der Waals surface area (Å²) in [6.07, 6.45) is 17.5. The van der Waals surface area contributed by atoms with Gasteiger partial charge in [0.2, 0.25) is 0 Å². The van der Waals surface area contributed by atoms with Gasteiger partial charge in [0.15, 0.2) is 0 Å². The van der Waals surface area contributed by atoms with Crippen molar-refractivity contribution >= 4 is 0 Å². The van der Waals surface area contributed by atoms with Crippen molar-refractivity contribution in [3.63, 3.8) is 0 Å². The van der Waals surface area contributed by atoms with Crippen LogP contribution in [0.2, 0.25) is 0 Å². The molecule has 0 aromatic rings. The van der Waals surface area contributed by atoms with Gasteiger partial charge >= 0.3 is 0 Å². The largest absolute Gasteiger partial charge is 0.120 e. The lowest BCUT2D eigenvalue weighted by Gasteiger charge is -2.11. The highest BCUT2D eigenvalue weighted by molar-refractivity contribution is 5.33. The van der Waals surface area contributed by atoms with Gasteiger partial charge in [0.25, 0.3) is 0 Å². The van der Waals surface area contributed by atoms with E-state index in [0.29, 0.717) is 5.92 Å². The fourth-order valence-corrected chi connectivity index (χ4v) is 1.50. The summed E-state index contributed by atoms with van der Waals surface area (Å²) in [5.41, 5.74) is 4.58. The lowest BCUT2D eigenvalue weighted by Crippen LogP contribution is -1.97. The second-order valence-electron chi connectivity index (χ2n) is 3.06. The Bertz CT molecular complexity index is 295. The Hall–Kier alpha value is -1.26. The van der Waals surface area contributed by atoms with Gasteiger partial charge in [-0.05, 0) is 18.9 Å². The zero-order valence-corrected chi connectivity index (χ0v) is 7.03. The first-order valence-electron chi connectivity index (χ1n) is 4.42. The fourth-order valence-electron chi connectivity index (χ4n) is 1.50. The van der Waals surface area contributed by atoms with E-state index in [2.05, 4.69) is 48.3 Å². The Morgan fingerprint density at radius 3 is 2.58 bits per heavy atom. The van der Waals surface area contributed by atoms with Gasteiger partial charge in [-0.3, -0.25) is 0 Å². The Kier molecular flexibility index (Phi) is 2.11. The van der Waals surface area contributed by atoms with Crippen molar-refractivity contribution in [2.45, 2.75) is 12.8 Å². The molecular weight excluding hydrogens is 144 g/mol.